The Morgan fingerprint density at radius 1 is 1.00 bits per heavy atom. The third-order valence-corrected chi connectivity index (χ3v) is 7.96. The van der Waals surface area contributed by atoms with Crippen molar-refractivity contribution >= 4 is 40.3 Å². The van der Waals surface area contributed by atoms with E-state index in [1.165, 1.54) is 10.5 Å². The van der Waals surface area contributed by atoms with Gasteiger partial charge in [-0.05, 0) is 23.8 Å². The molecule has 30 heavy (non-hydrogen) atoms. The maximum absolute atomic E-state index is 12.8. The number of benzene rings is 3. The molecular weight excluding hydrogens is 410 g/mol. The normalized spacial score (nSPS) is 24.0. The lowest BCUT2D eigenvalue weighted by Gasteiger charge is -2.42. The third kappa shape index (κ3) is 3.40. The monoisotopic (exact) mass is 431 g/mol. The molecule has 0 saturated carbocycles. The molecule has 1 amide bonds. The van der Waals surface area contributed by atoms with Crippen LogP contribution in [0.2, 0.25) is 0 Å². The molecule has 3 aromatic carbocycles. The van der Waals surface area contributed by atoms with E-state index >= 15 is 0 Å². The van der Waals surface area contributed by atoms with Gasteiger partial charge in [-0.25, -0.2) is 10.0 Å². The third-order valence-electron chi connectivity index (χ3n) is 5.35. The Hall–Kier alpha value is -2.70. The Kier molecular flexibility index (Phi) is 5.05. The number of thioether (sulfide) groups is 2. The zero-order chi connectivity index (χ0) is 20.6. The summed E-state index contributed by atoms with van der Waals surface area (Å²) in [6.07, 6.45) is 0.795. The van der Waals surface area contributed by atoms with Gasteiger partial charge in [0.2, 0.25) is 5.91 Å². The van der Waals surface area contributed by atoms with Gasteiger partial charge in [0.15, 0.2) is 5.17 Å². The fraction of sp³-hybridized carbons (Fsp3) is 0.167. The molecule has 150 valence electrons. The van der Waals surface area contributed by atoms with Gasteiger partial charge < -0.3 is 0 Å². The highest BCUT2D eigenvalue weighted by Gasteiger charge is 2.53. The van der Waals surface area contributed by atoms with E-state index in [2.05, 4.69) is 54.0 Å². The van der Waals surface area contributed by atoms with Crippen LogP contribution in [0.1, 0.15) is 29.7 Å². The van der Waals surface area contributed by atoms with E-state index in [1.807, 2.05) is 48.2 Å². The van der Waals surface area contributed by atoms with Crippen molar-refractivity contribution in [1.29, 1.82) is 0 Å². The molecule has 0 radical (unpaired) electrons. The maximum Gasteiger partial charge on any atom is 0.239 e. The van der Waals surface area contributed by atoms with E-state index in [1.54, 1.807) is 23.7 Å². The summed E-state index contributed by atoms with van der Waals surface area (Å²) in [5, 5.41) is 2.76. The second-order valence-corrected chi connectivity index (χ2v) is 9.83. The van der Waals surface area contributed by atoms with E-state index in [0.29, 0.717) is 0 Å². The molecule has 0 bridgehead atoms. The molecule has 1 N–H and O–H groups in total. The molecule has 0 aromatic heterocycles. The first-order valence-electron chi connectivity index (χ1n) is 9.87. The van der Waals surface area contributed by atoms with Crippen LogP contribution in [0.4, 0.5) is 5.69 Å². The summed E-state index contributed by atoms with van der Waals surface area (Å²) in [4.78, 5) is 18.2. The number of nitrogens with zero attached hydrogens (tertiary/aromatic N) is 2. The molecule has 4 nitrogen and oxygen atoms in total. The summed E-state index contributed by atoms with van der Waals surface area (Å²) in [7, 11) is 0. The summed E-state index contributed by atoms with van der Waals surface area (Å²) < 4.78 is 0. The number of para-hydroxylation sites is 1. The fourth-order valence-corrected chi connectivity index (χ4v) is 7.05. The Balaban J connectivity index is 1.61. The van der Waals surface area contributed by atoms with Gasteiger partial charge in [-0.3, -0.25) is 10.2 Å². The van der Waals surface area contributed by atoms with E-state index in [9.17, 15) is 4.79 Å². The summed E-state index contributed by atoms with van der Waals surface area (Å²) in [6, 6.07) is 28.8. The molecule has 1 fully saturated rings. The molecule has 3 aromatic rings. The van der Waals surface area contributed by atoms with Crippen LogP contribution in [-0.2, 0) is 9.67 Å². The molecule has 0 aliphatic carbocycles. The van der Waals surface area contributed by atoms with E-state index in [4.69, 9.17) is 4.99 Å². The van der Waals surface area contributed by atoms with Crippen LogP contribution in [0.25, 0.3) is 0 Å². The van der Waals surface area contributed by atoms with Crippen molar-refractivity contribution in [1.82, 2.24) is 10.4 Å². The molecule has 2 aliphatic heterocycles. The summed E-state index contributed by atoms with van der Waals surface area (Å²) in [5.74, 6) is -0.0192. The van der Waals surface area contributed by atoms with Crippen molar-refractivity contribution in [3.63, 3.8) is 0 Å². The molecule has 2 heterocycles. The van der Waals surface area contributed by atoms with Gasteiger partial charge in [-0.1, -0.05) is 78.5 Å². The van der Waals surface area contributed by atoms with Crippen molar-refractivity contribution in [3.8, 4) is 0 Å². The fourth-order valence-electron chi connectivity index (χ4n) is 4.03. The zero-order valence-corrected chi connectivity index (χ0v) is 18.1. The van der Waals surface area contributed by atoms with Crippen molar-refractivity contribution < 1.29 is 4.79 Å². The Bertz CT molecular complexity index is 1100. The van der Waals surface area contributed by atoms with Crippen molar-refractivity contribution in [2.75, 3.05) is 0 Å². The van der Waals surface area contributed by atoms with E-state index in [-0.39, 0.29) is 11.2 Å². The van der Waals surface area contributed by atoms with Gasteiger partial charge in [0.05, 0.1) is 5.69 Å². The first-order chi connectivity index (χ1) is 14.7. The van der Waals surface area contributed by atoms with Crippen LogP contribution in [0.3, 0.4) is 0 Å². The molecule has 2 aliphatic rings. The van der Waals surface area contributed by atoms with Crippen LogP contribution in [0, 0.1) is 0 Å². The number of amides is 1. The number of hydrogen-bond acceptors (Lipinski definition) is 4. The summed E-state index contributed by atoms with van der Waals surface area (Å²) in [6.45, 7) is 1.61. The number of aliphatic imine (C=N–C) groups is 1. The van der Waals surface area contributed by atoms with Gasteiger partial charge in [0.25, 0.3) is 0 Å². The Morgan fingerprint density at radius 2 is 1.67 bits per heavy atom. The van der Waals surface area contributed by atoms with Crippen LogP contribution >= 0.6 is 23.5 Å². The summed E-state index contributed by atoms with van der Waals surface area (Å²) >= 11 is 3.51. The molecule has 2 atom stereocenters. The Morgan fingerprint density at radius 3 is 2.40 bits per heavy atom. The average Bonchev–Trinajstić information content (AvgIpc) is 3.13. The maximum atomic E-state index is 12.8. The number of rotatable bonds is 2. The smallest absolute Gasteiger partial charge is 0.239 e. The SMILES string of the molecule is CC(=O)N1NC(=Nc2ccccc2)SC12CC(c1ccccc1)Sc1ccccc12. The number of carbonyl (C=O) groups is 1. The molecule has 2 unspecified atom stereocenters. The number of carbonyl (C=O) groups excluding carboxylic acids is 1. The van der Waals surface area contributed by atoms with Gasteiger partial charge in [-0.2, -0.15) is 0 Å². The lowest BCUT2D eigenvalue weighted by molar-refractivity contribution is -0.134. The van der Waals surface area contributed by atoms with Crippen molar-refractivity contribution in [3.05, 3.63) is 96.1 Å². The number of nitrogens with one attached hydrogen (secondary N) is 1. The standard InChI is InChI=1S/C24H21N3OS2/c1-17(28)27-24(30-23(26-27)25-19-12-6-3-7-13-19)16-22(18-10-4-2-5-11-18)29-21-15-9-8-14-20(21)24/h2-15,22H,16H2,1H3,(H,25,26). The molecular formula is C24H21N3OS2. The van der Waals surface area contributed by atoms with Crippen LogP contribution < -0.4 is 5.43 Å². The van der Waals surface area contributed by atoms with Crippen LogP contribution in [-0.4, -0.2) is 16.1 Å². The van der Waals surface area contributed by atoms with Crippen molar-refractivity contribution in [2.45, 2.75) is 28.4 Å². The average molecular weight is 432 g/mol. The number of amidine groups is 1. The predicted molar refractivity (Wildman–Crippen MR) is 125 cm³/mol. The van der Waals surface area contributed by atoms with E-state index < -0.39 is 4.87 Å². The molecule has 5 rings (SSSR count). The highest BCUT2D eigenvalue weighted by Crippen LogP contribution is 2.59. The summed E-state index contributed by atoms with van der Waals surface area (Å²) in [5.41, 5.74) is 6.60. The topological polar surface area (TPSA) is 44.7 Å². The Labute approximate surface area is 184 Å². The predicted octanol–water partition coefficient (Wildman–Crippen LogP) is 5.86. The number of hydrazine groups is 1. The molecule has 1 saturated heterocycles. The first-order valence-corrected chi connectivity index (χ1v) is 11.6. The highest BCUT2D eigenvalue weighted by molar-refractivity contribution is 8.15. The van der Waals surface area contributed by atoms with Gasteiger partial charge in [0, 0.05) is 29.1 Å². The van der Waals surface area contributed by atoms with Gasteiger partial charge >= 0.3 is 0 Å². The number of hydrogen-bond donors (Lipinski definition) is 1. The van der Waals surface area contributed by atoms with Crippen molar-refractivity contribution in [2.24, 2.45) is 4.99 Å². The van der Waals surface area contributed by atoms with E-state index in [0.717, 1.165) is 22.8 Å². The largest absolute Gasteiger partial charge is 0.273 e. The lowest BCUT2D eigenvalue weighted by atomic mass is 9.96. The minimum absolute atomic E-state index is 0.0192. The number of fused-ring (bicyclic) bond motifs is 2. The van der Waals surface area contributed by atoms with Crippen LogP contribution in [0.15, 0.2) is 94.8 Å². The second kappa shape index (κ2) is 7.85. The minimum Gasteiger partial charge on any atom is -0.273 e. The minimum atomic E-state index is -0.540. The van der Waals surface area contributed by atoms with Gasteiger partial charge in [-0.15, -0.1) is 11.8 Å². The second-order valence-electron chi connectivity index (χ2n) is 7.32. The van der Waals surface area contributed by atoms with Crippen LogP contribution in [0.5, 0.6) is 0 Å². The lowest BCUT2D eigenvalue weighted by Crippen LogP contribution is -2.50. The first kappa shape index (κ1) is 19.3. The molecule has 1 spiro atoms. The molecule has 6 heteroatoms. The van der Waals surface area contributed by atoms with Gasteiger partial charge in [0.1, 0.15) is 4.87 Å². The quantitative estimate of drug-likeness (QED) is 0.552. The highest BCUT2D eigenvalue weighted by atomic mass is 32.2. The zero-order valence-electron chi connectivity index (χ0n) is 16.5.